The van der Waals surface area contributed by atoms with Crippen LogP contribution in [0.5, 0.6) is 11.5 Å². The quantitative estimate of drug-likeness (QED) is 0.0237. The number of imidazole rings is 2. The Balaban J connectivity index is 0.752. The zero-order valence-corrected chi connectivity index (χ0v) is 69.9. The van der Waals surface area contributed by atoms with E-state index in [1.54, 1.807) is 50.6 Å². The van der Waals surface area contributed by atoms with Gasteiger partial charge in [-0.1, -0.05) is 143 Å². The first-order valence-corrected chi connectivity index (χ1v) is 42.4. The van der Waals surface area contributed by atoms with Crippen LogP contribution in [-0.4, -0.2) is 170 Å². The highest BCUT2D eigenvalue weighted by molar-refractivity contribution is 7.44. The van der Waals surface area contributed by atoms with Crippen LogP contribution < -0.4 is 25.4 Å². The molecule has 13 rings (SSSR count). The molecule has 0 saturated carbocycles. The van der Waals surface area contributed by atoms with E-state index in [1.807, 2.05) is 127 Å². The van der Waals surface area contributed by atoms with Crippen LogP contribution in [-0.2, 0) is 63.3 Å². The van der Waals surface area contributed by atoms with Gasteiger partial charge < -0.3 is 71.9 Å². The van der Waals surface area contributed by atoms with Crippen LogP contribution in [0.1, 0.15) is 169 Å². The lowest BCUT2D eigenvalue weighted by molar-refractivity contribution is -0.121. The molecule has 2 aliphatic heterocycles. The Morgan fingerprint density at radius 3 is 1.68 bits per heavy atom. The molecule has 6 heterocycles. The van der Waals surface area contributed by atoms with Crippen LogP contribution >= 0.6 is 17.1 Å². The van der Waals surface area contributed by atoms with Gasteiger partial charge in [-0.25, -0.2) is 39.4 Å². The van der Waals surface area contributed by atoms with Crippen molar-refractivity contribution < 1.29 is 70.2 Å². The van der Waals surface area contributed by atoms with Crippen molar-refractivity contribution >= 4 is 74.9 Å². The van der Waals surface area contributed by atoms with E-state index in [0.717, 1.165) is 57.3 Å². The molecule has 1 aliphatic carbocycles. The minimum absolute atomic E-state index is 0.0253. The monoisotopic (exact) mass is 1630 g/mol. The maximum atomic E-state index is 14.0. The summed E-state index contributed by atoms with van der Waals surface area (Å²) >= 11 is 0. The summed E-state index contributed by atoms with van der Waals surface area (Å²) in [5.74, 6) is 1.28. The van der Waals surface area contributed by atoms with E-state index in [1.165, 1.54) is 17.6 Å². The first-order valence-electron chi connectivity index (χ1n) is 40.1. The highest BCUT2D eigenvalue weighted by atomic mass is 31.2. The number of rotatable bonds is 40. The van der Waals surface area contributed by atoms with Crippen molar-refractivity contribution in [2.24, 2.45) is 5.92 Å². The van der Waals surface area contributed by atoms with Gasteiger partial charge in [0.25, 0.3) is 14.4 Å². The molecule has 4 amide bonds. The molecule has 8 atom stereocenters. The molecule has 2 fully saturated rings. The predicted octanol–water partition coefficient (Wildman–Crippen LogP) is 16.4. The van der Waals surface area contributed by atoms with Crippen molar-refractivity contribution in [3.8, 4) is 22.6 Å². The molecule has 10 aromatic rings. The number of aromatic nitrogens is 8. The first-order chi connectivity index (χ1) is 56.8. The number of hydrogen-bond acceptors (Lipinski definition) is 22. The maximum absolute atomic E-state index is 14.0. The average Bonchev–Trinajstić information content (AvgIpc) is 1.30. The molecule has 0 bridgehead atoms. The minimum Gasteiger partial charge on any atom is -0.497 e. The fourth-order valence-corrected chi connectivity index (χ4v) is 18.0. The number of methoxy groups -OCH3 is 2. The Morgan fingerprint density at radius 1 is 0.581 bits per heavy atom. The van der Waals surface area contributed by atoms with Crippen LogP contribution in [0.2, 0.25) is 0 Å². The SMILES string of the molecule is CCCOP(OC[C@H]1O[C@@H](n2cnc3c(NC(=O)CCCN(C)C(=O)OCC4c5ccccc5-c5ccccc54)ncnc32)CC1OP(OCCC)N(C(C)C)C(C)C)OC1C[C@H](n2cnc3c(NC(=O)c4ccc(CNC(=O)CCC(C)C)cc4)ncnc32)O[C@@H]1COC(c1ccccc1)(c1ccc(OC)cc1)c1ccc(OC)cc1. The summed E-state index contributed by atoms with van der Waals surface area (Å²) in [5.41, 5.74) is 8.38. The molecule has 0 spiro atoms. The summed E-state index contributed by atoms with van der Waals surface area (Å²) < 4.78 is 79.7. The third kappa shape index (κ3) is 20.3. The molecule has 6 aromatic carbocycles. The number of anilines is 2. The zero-order valence-electron chi connectivity index (χ0n) is 68.1. The van der Waals surface area contributed by atoms with E-state index < -0.39 is 71.6 Å². The summed E-state index contributed by atoms with van der Waals surface area (Å²) in [6, 6.07) is 49.1. The largest absolute Gasteiger partial charge is 0.497 e. The number of fused-ring (bicyclic) bond motifs is 5. The lowest BCUT2D eigenvalue weighted by Gasteiger charge is -2.37. The molecule has 4 aromatic heterocycles. The Morgan fingerprint density at radius 2 is 1.12 bits per heavy atom. The van der Waals surface area contributed by atoms with Gasteiger partial charge in [0, 0.05) is 69.4 Å². The molecule has 2 saturated heterocycles. The van der Waals surface area contributed by atoms with Crippen molar-refractivity contribution in [3.63, 3.8) is 0 Å². The van der Waals surface area contributed by atoms with E-state index >= 15 is 0 Å². The zero-order chi connectivity index (χ0) is 82.1. The molecule has 30 heteroatoms. The van der Waals surface area contributed by atoms with Gasteiger partial charge >= 0.3 is 14.7 Å². The summed E-state index contributed by atoms with van der Waals surface area (Å²) in [4.78, 5) is 83.2. The van der Waals surface area contributed by atoms with Crippen LogP contribution in [0.4, 0.5) is 16.4 Å². The summed E-state index contributed by atoms with van der Waals surface area (Å²) in [7, 11) is 1.02. The van der Waals surface area contributed by atoms with E-state index in [0.29, 0.717) is 84.1 Å². The third-order valence-corrected chi connectivity index (χ3v) is 24.2. The van der Waals surface area contributed by atoms with Gasteiger partial charge in [-0.2, -0.15) is 0 Å². The first kappa shape index (κ1) is 85.1. The van der Waals surface area contributed by atoms with Crippen LogP contribution in [0.3, 0.4) is 0 Å². The van der Waals surface area contributed by atoms with Crippen molar-refractivity contribution in [2.45, 2.75) is 174 Å². The topological polar surface area (TPSA) is 300 Å². The second-order valence-electron chi connectivity index (χ2n) is 30.2. The second-order valence-corrected chi connectivity index (χ2v) is 32.7. The average molecular weight is 1630 g/mol. The minimum atomic E-state index is -2.23. The van der Waals surface area contributed by atoms with Gasteiger partial charge in [0.15, 0.2) is 34.0 Å². The Hall–Kier alpha value is -9.80. The smallest absolute Gasteiger partial charge is 0.409 e. The maximum Gasteiger partial charge on any atom is 0.409 e. The number of ether oxygens (including phenoxy) is 6. The molecule has 3 aliphatic rings. The lowest BCUT2D eigenvalue weighted by Crippen LogP contribution is -2.38. The van der Waals surface area contributed by atoms with Crippen LogP contribution in [0.25, 0.3) is 33.5 Å². The van der Waals surface area contributed by atoms with Crippen LogP contribution in [0.15, 0.2) is 177 Å². The Bertz CT molecular complexity index is 4850. The fourth-order valence-electron chi connectivity index (χ4n) is 14.9. The number of hydrogen-bond donors (Lipinski definition) is 3. The molecule has 618 valence electrons. The fraction of sp³-hybridized carbons (Fsp3) is 0.425. The summed E-state index contributed by atoms with van der Waals surface area (Å²) in [6.07, 6.45) is 4.55. The number of nitrogens with one attached hydrogen (secondary N) is 3. The predicted molar refractivity (Wildman–Crippen MR) is 446 cm³/mol. The number of amides is 4. The standard InChI is InChI=1S/C87H105N13O15P2/c1-12-44-109-116(100(57(5)6)58(7)8)114-71-46-77(98-54-93-79-81(89-52-91-83(79)98)95-76(102)28-21-43-97(9)86(104)107-49-70-68-26-19-17-24-66(68)67-25-18-20-27-69(67)70)113-74(71)51-111-117(110-45-13-2)115-72-47-78(99-55-94-80-82(90-53-92-84(80)99)96-85(103)60-32-30-59(31-33-60)48-88-75(101)42-29-56(3)4)112-73(72)50-108-87(61-22-15-14-16-23-61,62-34-38-64(105-10)39-35-62)63-36-40-65(106-11)41-37-63/h14-20,22-27,30-41,52-58,70-74,77-78H,12-13,21,28-29,42-51H2,1-11H3,(H,88,101)(H,89,91,95,102)(H,90,92,96,103)/t71?,72?,73-,74-,77-,78-,116?,117?/m1/s1. The molecule has 4 unspecified atom stereocenters. The van der Waals surface area contributed by atoms with E-state index in [-0.39, 0.29) is 87.3 Å². The molecule has 3 N–H and O–H groups in total. The molecule has 0 radical (unpaired) electrons. The highest BCUT2D eigenvalue weighted by Crippen LogP contribution is 2.53. The molecule has 28 nitrogen and oxygen atoms in total. The van der Waals surface area contributed by atoms with Gasteiger partial charge in [0.1, 0.15) is 61.0 Å². The van der Waals surface area contributed by atoms with Crippen molar-refractivity contribution in [1.29, 1.82) is 0 Å². The number of benzene rings is 6. The molecule has 117 heavy (non-hydrogen) atoms. The third-order valence-electron chi connectivity index (χ3n) is 20.9. The normalized spacial score (nSPS) is 17.9. The van der Waals surface area contributed by atoms with E-state index in [2.05, 4.69) is 103 Å². The number of nitrogens with zero attached hydrogens (tertiary/aromatic N) is 10. The van der Waals surface area contributed by atoms with Crippen molar-refractivity contribution in [1.82, 2.24) is 53.9 Å². The molecular weight excluding hydrogens is 1530 g/mol. The van der Waals surface area contributed by atoms with Gasteiger partial charge in [-0.05, 0) is 140 Å². The second kappa shape index (κ2) is 40.1. The highest BCUT2D eigenvalue weighted by Gasteiger charge is 2.47. The van der Waals surface area contributed by atoms with Crippen molar-refractivity contribution in [3.05, 3.63) is 216 Å². The van der Waals surface area contributed by atoms with E-state index in [4.69, 9.17) is 71.0 Å². The number of carbonyl (C=O) groups excluding carboxylic acids is 4. The van der Waals surface area contributed by atoms with Gasteiger partial charge in [0.2, 0.25) is 11.8 Å². The summed E-state index contributed by atoms with van der Waals surface area (Å²) in [6.45, 7) is 18.1. The van der Waals surface area contributed by atoms with Gasteiger partial charge in [-0.3, -0.25) is 23.5 Å². The molecular formula is C87H105N13O15P2. The van der Waals surface area contributed by atoms with Crippen molar-refractivity contribution in [2.75, 3.05) is 71.5 Å². The summed E-state index contributed by atoms with van der Waals surface area (Å²) in [5, 5.41) is 8.88. The van der Waals surface area contributed by atoms with Crippen LogP contribution in [0, 0.1) is 5.92 Å². The van der Waals surface area contributed by atoms with E-state index in [9.17, 15) is 19.2 Å². The Labute approximate surface area is 685 Å². The Kier molecular flexibility index (Phi) is 29.2. The van der Waals surface area contributed by atoms with Gasteiger partial charge in [0.05, 0.1) is 65.5 Å². The lowest BCUT2D eigenvalue weighted by atomic mass is 9.80. The van der Waals surface area contributed by atoms with Gasteiger partial charge in [-0.15, -0.1) is 0 Å². The number of carbonyl (C=O) groups is 4.